The van der Waals surface area contributed by atoms with Gasteiger partial charge in [0.1, 0.15) is 5.75 Å². The molecule has 0 spiro atoms. The lowest BCUT2D eigenvalue weighted by Crippen LogP contribution is -1.97. The van der Waals surface area contributed by atoms with Crippen LogP contribution in [0, 0.1) is 6.92 Å². The third-order valence-electron chi connectivity index (χ3n) is 3.08. The first kappa shape index (κ1) is 14.6. The Morgan fingerprint density at radius 3 is 2.42 bits per heavy atom. The highest BCUT2D eigenvalue weighted by Crippen LogP contribution is 2.34. The monoisotopic (exact) mass is 382 g/mol. The van der Waals surface area contributed by atoms with E-state index in [9.17, 15) is 0 Å². The Labute approximate surface area is 131 Å². The van der Waals surface area contributed by atoms with Gasteiger partial charge in [0.2, 0.25) is 0 Å². The van der Waals surface area contributed by atoms with Crippen molar-refractivity contribution in [3.05, 3.63) is 63.6 Å². The normalized spacial score (nSPS) is 12.2. The van der Waals surface area contributed by atoms with Gasteiger partial charge in [0, 0.05) is 9.30 Å². The molecule has 2 aromatic carbocycles. The van der Waals surface area contributed by atoms with Gasteiger partial charge >= 0.3 is 0 Å². The fraction of sp³-hybridized carbons (Fsp3) is 0.250. The van der Waals surface area contributed by atoms with Gasteiger partial charge in [0.25, 0.3) is 0 Å². The fourth-order valence-electron chi connectivity index (χ4n) is 1.93. The highest BCUT2D eigenvalue weighted by molar-refractivity contribution is 9.11. The number of benzene rings is 2. The molecule has 0 saturated carbocycles. The quantitative estimate of drug-likeness (QED) is 0.638. The van der Waals surface area contributed by atoms with Gasteiger partial charge in [-0.3, -0.25) is 0 Å². The van der Waals surface area contributed by atoms with E-state index in [1.807, 2.05) is 12.1 Å². The molecule has 19 heavy (non-hydrogen) atoms. The molecule has 2 rings (SSSR count). The molecule has 1 nitrogen and oxygen atoms in total. The van der Waals surface area contributed by atoms with Gasteiger partial charge in [0.15, 0.2) is 0 Å². The number of hydrogen-bond donors (Lipinski definition) is 0. The SMILES string of the molecule is COc1ccc(Br)c(C(Br)Cc2ccc(C)cc2)c1. The maximum absolute atomic E-state index is 5.28. The van der Waals surface area contributed by atoms with Crippen LogP contribution in [-0.4, -0.2) is 7.11 Å². The number of ether oxygens (including phenoxy) is 1. The molecule has 0 aliphatic rings. The Bertz CT molecular complexity index is 549. The van der Waals surface area contributed by atoms with Crippen LogP contribution in [0.5, 0.6) is 5.75 Å². The van der Waals surface area contributed by atoms with Crippen molar-refractivity contribution in [2.75, 3.05) is 7.11 Å². The van der Waals surface area contributed by atoms with E-state index in [-0.39, 0.29) is 4.83 Å². The lowest BCUT2D eigenvalue weighted by Gasteiger charge is -2.14. The Morgan fingerprint density at radius 1 is 1.11 bits per heavy atom. The summed E-state index contributed by atoms with van der Waals surface area (Å²) in [7, 11) is 1.69. The topological polar surface area (TPSA) is 9.23 Å². The van der Waals surface area contributed by atoms with Crippen LogP contribution in [0.25, 0.3) is 0 Å². The highest BCUT2D eigenvalue weighted by Gasteiger charge is 2.13. The van der Waals surface area contributed by atoms with Gasteiger partial charge in [0.05, 0.1) is 7.11 Å². The minimum absolute atomic E-state index is 0.264. The molecule has 0 aliphatic heterocycles. The molecule has 2 aromatic rings. The van der Waals surface area contributed by atoms with Crippen molar-refractivity contribution < 1.29 is 4.74 Å². The van der Waals surface area contributed by atoms with Crippen LogP contribution in [-0.2, 0) is 6.42 Å². The third kappa shape index (κ3) is 3.83. The Balaban J connectivity index is 2.19. The van der Waals surface area contributed by atoms with Gasteiger partial charge in [-0.05, 0) is 42.7 Å². The Kier molecular flexibility index (Phi) is 5.06. The second kappa shape index (κ2) is 6.58. The summed E-state index contributed by atoms with van der Waals surface area (Å²) < 4.78 is 6.38. The highest BCUT2D eigenvalue weighted by atomic mass is 79.9. The number of methoxy groups -OCH3 is 1. The molecule has 100 valence electrons. The predicted octanol–water partition coefficient (Wildman–Crippen LogP) is 5.44. The second-order valence-corrected chi connectivity index (χ2v) is 6.50. The van der Waals surface area contributed by atoms with E-state index in [0.29, 0.717) is 0 Å². The summed E-state index contributed by atoms with van der Waals surface area (Å²) in [4.78, 5) is 0.264. The fourth-order valence-corrected chi connectivity index (χ4v) is 3.51. The first-order chi connectivity index (χ1) is 9.10. The number of aryl methyl sites for hydroxylation is 1. The first-order valence-corrected chi connectivity index (χ1v) is 7.84. The van der Waals surface area contributed by atoms with Crippen LogP contribution < -0.4 is 4.74 Å². The number of hydrogen-bond acceptors (Lipinski definition) is 1. The van der Waals surface area contributed by atoms with Crippen molar-refractivity contribution in [1.82, 2.24) is 0 Å². The standard InChI is InChI=1S/C16H16Br2O/c1-11-3-5-12(6-4-11)9-16(18)14-10-13(19-2)7-8-15(14)17/h3-8,10,16H,9H2,1-2H3. The lowest BCUT2D eigenvalue weighted by atomic mass is 10.0. The summed E-state index contributed by atoms with van der Waals surface area (Å²) in [5.74, 6) is 0.881. The Morgan fingerprint density at radius 2 is 1.79 bits per heavy atom. The molecule has 3 heteroatoms. The molecular formula is C16H16Br2O. The number of rotatable bonds is 4. The first-order valence-electron chi connectivity index (χ1n) is 6.13. The average Bonchev–Trinajstić information content (AvgIpc) is 2.42. The molecule has 0 fully saturated rings. The average molecular weight is 384 g/mol. The lowest BCUT2D eigenvalue weighted by molar-refractivity contribution is 0.414. The van der Waals surface area contributed by atoms with Crippen molar-refractivity contribution >= 4 is 31.9 Å². The molecule has 0 radical (unpaired) electrons. The maximum Gasteiger partial charge on any atom is 0.119 e. The molecule has 0 saturated heterocycles. The van der Waals surface area contributed by atoms with Crippen LogP contribution in [0.3, 0.4) is 0 Å². The zero-order chi connectivity index (χ0) is 13.8. The zero-order valence-corrected chi connectivity index (χ0v) is 14.2. The van der Waals surface area contributed by atoms with Gasteiger partial charge < -0.3 is 4.74 Å². The van der Waals surface area contributed by atoms with Crippen molar-refractivity contribution in [1.29, 1.82) is 0 Å². The van der Waals surface area contributed by atoms with Crippen LogP contribution in [0.1, 0.15) is 21.5 Å². The van der Waals surface area contributed by atoms with E-state index < -0.39 is 0 Å². The maximum atomic E-state index is 5.28. The minimum Gasteiger partial charge on any atom is -0.497 e. The second-order valence-electron chi connectivity index (χ2n) is 4.54. The molecule has 0 heterocycles. The number of halogens is 2. The molecule has 0 aromatic heterocycles. The zero-order valence-electron chi connectivity index (χ0n) is 11.0. The molecule has 0 amide bonds. The summed E-state index contributed by atoms with van der Waals surface area (Å²) in [5, 5.41) is 0. The van der Waals surface area contributed by atoms with Crippen LogP contribution >= 0.6 is 31.9 Å². The summed E-state index contributed by atoms with van der Waals surface area (Å²) >= 11 is 7.37. The molecule has 1 unspecified atom stereocenters. The van der Waals surface area contributed by atoms with Gasteiger partial charge in [-0.15, -0.1) is 0 Å². The summed E-state index contributed by atoms with van der Waals surface area (Å²) in [6.07, 6.45) is 0.950. The van der Waals surface area contributed by atoms with Gasteiger partial charge in [-0.1, -0.05) is 61.7 Å². The molecule has 0 aliphatic carbocycles. The largest absolute Gasteiger partial charge is 0.497 e. The molecule has 1 atom stereocenters. The van der Waals surface area contributed by atoms with Crippen molar-refractivity contribution in [3.63, 3.8) is 0 Å². The van der Waals surface area contributed by atoms with Crippen LogP contribution in [0.2, 0.25) is 0 Å². The van der Waals surface area contributed by atoms with Crippen molar-refractivity contribution in [3.8, 4) is 5.75 Å². The summed E-state index contributed by atoms with van der Waals surface area (Å²) in [5.41, 5.74) is 3.82. The van der Waals surface area contributed by atoms with Crippen molar-refractivity contribution in [2.45, 2.75) is 18.2 Å². The van der Waals surface area contributed by atoms with E-state index in [0.717, 1.165) is 16.6 Å². The summed E-state index contributed by atoms with van der Waals surface area (Å²) in [6.45, 7) is 2.11. The third-order valence-corrected chi connectivity index (χ3v) is 4.62. The smallest absolute Gasteiger partial charge is 0.119 e. The van der Waals surface area contributed by atoms with Crippen LogP contribution in [0.15, 0.2) is 46.9 Å². The van der Waals surface area contributed by atoms with E-state index in [4.69, 9.17) is 4.74 Å². The molecule has 0 N–H and O–H groups in total. The summed E-state index contributed by atoms with van der Waals surface area (Å²) in [6, 6.07) is 14.7. The predicted molar refractivity (Wildman–Crippen MR) is 87.2 cm³/mol. The molecule has 0 bridgehead atoms. The minimum atomic E-state index is 0.264. The van der Waals surface area contributed by atoms with E-state index in [1.54, 1.807) is 7.11 Å². The van der Waals surface area contributed by atoms with Crippen LogP contribution in [0.4, 0.5) is 0 Å². The number of alkyl halides is 1. The van der Waals surface area contributed by atoms with Gasteiger partial charge in [-0.25, -0.2) is 0 Å². The van der Waals surface area contributed by atoms with E-state index in [2.05, 4.69) is 69.1 Å². The Hall–Kier alpha value is -0.800. The van der Waals surface area contributed by atoms with E-state index in [1.165, 1.54) is 16.7 Å². The van der Waals surface area contributed by atoms with Crippen molar-refractivity contribution in [2.24, 2.45) is 0 Å². The molecular weight excluding hydrogens is 368 g/mol. The van der Waals surface area contributed by atoms with Gasteiger partial charge in [-0.2, -0.15) is 0 Å². The van der Waals surface area contributed by atoms with E-state index >= 15 is 0 Å².